The number of aromatic nitrogens is 2. The molecule has 0 saturated carbocycles. The summed E-state index contributed by atoms with van der Waals surface area (Å²) in [5, 5.41) is 3.80. The molecule has 0 aliphatic carbocycles. The van der Waals surface area contributed by atoms with Gasteiger partial charge in [0.1, 0.15) is 5.15 Å². The number of benzene rings is 1. The number of nitrogens with one attached hydrogen (secondary N) is 1. The molecule has 0 amide bonds. The molecule has 0 atom stereocenters. The Morgan fingerprint density at radius 1 is 1.23 bits per heavy atom. The monoisotopic (exact) mass is 316 g/mol. The van der Waals surface area contributed by atoms with Crippen molar-refractivity contribution < 1.29 is 0 Å². The average molecular weight is 317 g/mol. The first-order valence-corrected chi connectivity index (χ1v) is 8.07. The highest BCUT2D eigenvalue weighted by Gasteiger charge is 2.22. The minimum absolute atomic E-state index is 0.298. The third-order valence-electron chi connectivity index (χ3n) is 3.76. The summed E-state index contributed by atoms with van der Waals surface area (Å²) in [6, 6.07) is 10.8. The SMILES string of the molecule is CC(C)Nc1nc(Cl)c2c(n1)CCN(Cc1ccccc1)C2. The van der Waals surface area contributed by atoms with Crippen LogP contribution in [0.3, 0.4) is 0 Å². The van der Waals surface area contributed by atoms with Crippen molar-refractivity contribution in [2.75, 3.05) is 11.9 Å². The van der Waals surface area contributed by atoms with Crippen LogP contribution in [0.4, 0.5) is 5.95 Å². The van der Waals surface area contributed by atoms with Crippen LogP contribution >= 0.6 is 11.6 Å². The van der Waals surface area contributed by atoms with E-state index in [1.807, 2.05) is 6.07 Å². The van der Waals surface area contributed by atoms with Gasteiger partial charge in [-0.3, -0.25) is 4.90 Å². The summed E-state index contributed by atoms with van der Waals surface area (Å²) in [5.74, 6) is 0.634. The molecule has 116 valence electrons. The van der Waals surface area contributed by atoms with E-state index >= 15 is 0 Å². The van der Waals surface area contributed by atoms with Gasteiger partial charge in [-0.05, 0) is 19.4 Å². The molecule has 0 bridgehead atoms. The maximum Gasteiger partial charge on any atom is 0.224 e. The van der Waals surface area contributed by atoms with E-state index in [1.54, 1.807) is 0 Å². The lowest BCUT2D eigenvalue weighted by atomic mass is 10.1. The van der Waals surface area contributed by atoms with Crippen LogP contribution in [0.15, 0.2) is 30.3 Å². The molecular weight excluding hydrogens is 296 g/mol. The normalized spacial score (nSPS) is 14.9. The van der Waals surface area contributed by atoms with E-state index in [4.69, 9.17) is 11.6 Å². The van der Waals surface area contributed by atoms with Gasteiger partial charge in [0, 0.05) is 37.7 Å². The topological polar surface area (TPSA) is 41.1 Å². The summed E-state index contributed by atoms with van der Waals surface area (Å²) in [4.78, 5) is 11.4. The molecule has 0 spiro atoms. The zero-order chi connectivity index (χ0) is 15.5. The minimum atomic E-state index is 0.298. The quantitative estimate of drug-likeness (QED) is 0.876. The Morgan fingerprint density at radius 2 is 2.00 bits per heavy atom. The van der Waals surface area contributed by atoms with Crippen LogP contribution in [0.5, 0.6) is 0 Å². The Kier molecular flexibility index (Phi) is 4.60. The molecule has 0 saturated heterocycles. The van der Waals surface area contributed by atoms with E-state index < -0.39 is 0 Å². The second-order valence-corrected chi connectivity index (χ2v) is 6.37. The predicted octanol–water partition coefficient (Wildman–Crippen LogP) is 3.51. The third kappa shape index (κ3) is 3.57. The van der Waals surface area contributed by atoms with Crippen LogP contribution in [0.2, 0.25) is 5.15 Å². The van der Waals surface area contributed by atoms with E-state index in [1.165, 1.54) is 5.56 Å². The molecule has 0 unspecified atom stereocenters. The van der Waals surface area contributed by atoms with Crippen molar-refractivity contribution in [2.24, 2.45) is 0 Å². The standard InChI is InChI=1S/C17H21ClN4/c1-12(2)19-17-20-15-8-9-22(11-14(15)16(18)21-17)10-13-6-4-3-5-7-13/h3-7,12H,8-11H2,1-2H3,(H,19,20,21). The van der Waals surface area contributed by atoms with Gasteiger partial charge in [-0.15, -0.1) is 0 Å². The molecule has 22 heavy (non-hydrogen) atoms. The van der Waals surface area contributed by atoms with Crippen molar-refractivity contribution in [1.82, 2.24) is 14.9 Å². The van der Waals surface area contributed by atoms with Gasteiger partial charge in [0.2, 0.25) is 5.95 Å². The number of nitrogens with zero attached hydrogens (tertiary/aromatic N) is 3. The molecule has 1 aromatic heterocycles. The van der Waals surface area contributed by atoms with E-state index in [0.717, 1.165) is 37.3 Å². The Hall–Kier alpha value is -1.65. The van der Waals surface area contributed by atoms with E-state index in [0.29, 0.717) is 17.1 Å². The first-order valence-electron chi connectivity index (χ1n) is 7.70. The third-order valence-corrected chi connectivity index (χ3v) is 4.07. The Labute approximate surface area is 136 Å². The highest BCUT2D eigenvalue weighted by molar-refractivity contribution is 6.30. The summed E-state index contributed by atoms with van der Waals surface area (Å²) >= 11 is 6.38. The predicted molar refractivity (Wildman–Crippen MR) is 90.1 cm³/mol. The smallest absolute Gasteiger partial charge is 0.224 e. The summed E-state index contributed by atoms with van der Waals surface area (Å²) < 4.78 is 0. The number of fused-ring (bicyclic) bond motifs is 1. The summed E-state index contributed by atoms with van der Waals surface area (Å²) in [7, 11) is 0. The molecule has 0 fully saturated rings. The van der Waals surface area contributed by atoms with Crippen molar-refractivity contribution in [1.29, 1.82) is 0 Å². The molecule has 1 N–H and O–H groups in total. The average Bonchev–Trinajstić information content (AvgIpc) is 2.48. The molecule has 1 aliphatic rings. The first kappa shape index (κ1) is 15.3. The number of hydrogen-bond donors (Lipinski definition) is 1. The Morgan fingerprint density at radius 3 is 2.73 bits per heavy atom. The van der Waals surface area contributed by atoms with Crippen molar-refractivity contribution >= 4 is 17.5 Å². The van der Waals surface area contributed by atoms with Gasteiger partial charge in [-0.2, -0.15) is 0 Å². The van der Waals surface area contributed by atoms with Gasteiger partial charge in [-0.25, -0.2) is 9.97 Å². The molecule has 5 heteroatoms. The Bertz CT molecular complexity index is 643. The number of anilines is 1. The second kappa shape index (κ2) is 6.63. The van der Waals surface area contributed by atoms with E-state index in [9.17, 15) is 0 Å². The lowest BCUT2D eigenvalue weighted by Gasteiger charge is -2.28. The molecule has 4 nitrogen and oxygen atoms in total. The van der Waals surface area contributed by atoms with E-state index in [-0.39, 0.29) is 0 Å². The highest BCUT2D eigenvalue weighted by Crippen LogP contribution is 2.26. The van der Waals surface area contributed by atoms with Gasteiger partial charge in [0.25, 0.3) is 0 Å². The first-order chi connectivity index (χ1) is 10.6. The van der Waals surface area contributed by atoms with Crippen molar-refractivity contribution in [3.63, 3.8) is 0 Å². The summed E-state index contributed by atoms with van der Waals surface area (Å²) in [6.07, 6.45) is 0.914. The Balaban J connectivity index is 1.75. The van der Waals surface area contributed by atoms with E-state index in [2.05, 4.69) is 58.3 Å². The highest BCUT2D eigenvalue weighted by atomic mass is 35.5. The molecule has 2 heterocycles. The number of hydrogen-bond acceptors (Lipinski definition) is 4. The molecule has 1 aromatic carbocycles. The van der Waals surface area contributed by atoms with Gasteiger partial charge >= 0.3 is 0 Å². The fraction of sp³-hybridized carbons (Fsp3) is 0.412. The molecule has 1 aliphatic heterocycles. The van der Waals surface area contributed by atoms with Crippen LogP contribution in [0.1, 0.15) is 30.7 Å². The van der Waals surface area contributed by atoms with Crippen LogP contribution in [-0.2, 0) is 19.5 Å². The zero-order valence-electron chi connectivity index (χ0n) is 13.0. The molecule has 3 rings (SSSR count). The van der Waals surface area contributed by atoms with Crippen molar-refractivity contribution in [2.45, 2.75) is 39.4 Å². The maximum atomic E-state index is 6.38. The minimum Gasteiger partial charge on any atom is -0.352 e. The molecular formula is C17H21ClN4. The van der Waals surface area contributed by atoms with Crippen LogP contribution in [0, 0.1) is 0 Å². The van der Waals surface area contributed by atoms with Crippen molar-refractivity contribution in [3.8, 4) is 0 Å². The van der Waals surface area contributed by atoms with Crippen molar-refractivity contribution in [3.05, 3.63) is 52.3 Å². The number of rotatable bonds is 4. The zero-order valence-corrected chi connectivity index (χ0v) is 13.8. The summed E-state index contributed by atoms with van der Waals surface area (Å²) in [5.41, 5.74) is 3.46. The largest absolute Gasteiger partial charge is 0.352 e. The number of halogens is 1. The van der Waals surface area contributed by atoms with Gasteiger partial charge < -0.3 is 5.32 Å². The second-order valence-electron chi connectivity index (χ2n) is 6.01. The lowest BCUT2D eigenvalue weighted by molar-refractivity contribution is 0.243. The van der Waals surface area contributed by atoms with Crippen LogP contribution in [-0.4, -0.2) is 27.5 Å². The van der Waals surface area contributed by atoms with Gasteiger partial charge in [-0.1, -0.05) is 41.9 Å². The fourth-order valence-corrected chi connectivity index (χ4v) is 2.98. The fourth-order valence-electron chi connectivity index (χ4n) is 2.73. The maximum absolute atomic E-state index is 6.38. The molecule has 0 radical (unpaired) electrons. The van der Waals surface area contributed by atoms with Crippen LogP contribution in [0.25, 0.3) is 0 Å². The summed E-state index contributed by atoms with van der Waals surface area (Å²) in [6.45, 7) is 6.88. The molecule has 2 aromatic rings. The lowest BCUT2D eigenvalue weighted by Crippen LogP contribution is -2.31. The van der Waals surface area contributed by atoms with Gasteiger partial charge in [0.15, 0.2) is 0 Å². The van der Waals surface area contributed by atoms with Crippen LogP contribution < -0.4 is 5.32 Å². The van der Waals surface area contributed by atoms with Gasteiger partial charge in [0.05, 0.1) is 5.69 Å².